The number of rotatable bonds is 4. The van der Waals surface area contributed by atoms with Gasteiger partial charge in [0.15, 0.2) is 0 Å². The van der Waals surface area contributed by atoms with Crippen LogP contribution in [0.4, 0.5) is 0 Å². The molecule has 0 bridgehead atoms. The molecular weight excluding hydrogens is 363 g/mol. The Morgan fingerprint density at radius 3 is 2.11 bits per heavy atom. The molecule has 0 heterocycles. The zero-order chi connectivity index (χ0) is 14.0. The van der Waals surface area contributed by atoms with Gasteiger partial charge < -0.3 is 0 Å². The van der Waals surface area contributed by atoms with E-state index in [-0.39, 0.29) is 11.4 Å². The minimum Gasteiger partial charge on any atom is -0.210 e. The van der Waals surface area contributed by atoms with Gasteiger partial charge in [-0.15, -0.1) is 11.6 Å². The van der Waals surface area contributed by atoms with Gasteiger partial charge in [0.25, 0.3) is 0 Å². The largest absolute Gasteiger partial charge is 0.240 e. The number of halogens is 5. The molecule has 0 spiro atoms. The lowest BCUT2D eigenvalue weighted by Gasteiger charge is -2.18. The van der Waals surface area contributed by atoms with Crippen LogP contribution in [0.25, 0.3) is 0 Å². The minimum atomic E-state index is -3.70. The summed E-state index contributed by atoms with van der Waals surface area (Å²) in [5, 5.41) is -0.546. The normalized spacial score (nSPS) is 14.5. The molecule has 1 rings (SSSR count). The topological polar surface area (TPSA) is 46.2 Å². The highest BCUT2D eigenvalue weighted by Gasteiger charge is 2.31. The Kier molecular flexibility index (Phi) is 5.87. The molecule has 1 unspecified atom stereocenters. The van der Waals surface area contributed by atoms with Crippen LogP contribution < -0.4 is 4.72 Å². The van der Waals surface area contributed by atoms with Gasteiger partial charge in [-0.3, -0.25) is 0 Å². The number of sulfonamides is 1. The van der Waals surface area contributed by atoms with Crippen LogP contribution in [0.5, 0.6) is 0 Å². The van der Waals surface area contributed by atoms with Crippen molar-refractivity contribution in [2.45, 2.75) is 14.1 Å². The highest BCUT2D eigenvalue weighted by Crippen LogP contribution is 2.33. The van der Waals surface area contributed by atoms with Crippen LogP contribution in [0.3, 0.4) is 0 Å². The lowest BCUT2D eigenvalue weighted by atomic mass is 10.4. The van der Waals surface area contributed by atoms with E-state index in [1.807, 2.05) is 0 Å². The summed E-state index contributed by atoms with van der Waals surface area (Å²) in [4.78, 5) is 0.0556. The molecule has 0 fully saturated rings. The highest BCUT2D eigenvalue weighted by atomic mass is 35.6. The second-order valence-corrected chi connectivity index (χ2v) is 8.41. The SMILES string of the molecule is O=S(=O)(NCC(Cl)C(Cl)(Cl)Cl)c1ccc(Cl)cc1. The van der Waals surface area contributed by atoms with Crippen molar-refractivity contribution < 1.29 is 8.42 Å². The number of benzene rings is 1. The summed E-state index contributed by atoms with van der Waals surface area (Å²) in [5.41, 5.74) is 0. The molecule has 0 radical (unpaired) electrons. The number of nitrogens with one attached hydrogen (secondary N) is 1. The van der Waals surface area contributed by atoms with Crippen LogP contribution >= 0.6 is 58.0 Å². The van der Waals surface area contributed by atoms with Gasteiger partial charge in [0, 0.05) is 11.6 Å². The average molecular weight is 372 g/mol. The van der Waals surface area contributed by atoms with Crippen molar-refractivity contribution in [3.8, 4) is 0 Å². The lowest BCUT2D eigenvalue weighted by Crippen LogP contribution is -2.35. The molecule has 1 aromatic carbocycles. The molecular formula is C9H8Cl5NO2S. The molecule has 0 aliphatic rings. The fraction of sp³-hybridized carbons (Fsp3) is 0.333. The average Bonchev–Trinajstić information content (AvgIpc) is 2.25. The van der Waals surface area contributed by atoms with Gasteiger partial charge >= 0.3 is 0 Å². The third-order valence-electron chi connectivity index (χ3n) is 1.93. The molecule has 0 amide bonds. The van der Waals surface area contributed by atoms with Crippen molar-refractivity contribution in [1.29, 1.82) is 0 Å². The summed E-state index contributed by atoms with van der Waals surface area (Å²) in [5.74, 6) is 0. The maximum absolute atomic E-state index is 11.8. The van der Waals surface area contributed by atoms with Gasteiger partial charge in [-0.2, -0.15) is 0 Å². The molecule has 0 saturated carbocycles. The maximum atomic E-state index is 11.8. The number of hydrogen-bond donors (Lipinski definition) is 1. The van der Waals surface area contributed by atoms with Crippen molar-refractivity contribution in [2.24, 2.45) is 0 Å². The fourth-order valence-electron chi connectivity index (χ4n) is 0.996. The summed E-state index contributed by atoms with van der Waals surface area (Å²) in [7, 11) is -3.70. The van der Waals surface area contributed by atoms with E-state index in [9.17, 15) is 8.42 Å². The third kappa shape index (κ3) is 4.93. The van der Waals surface area contributed by atoms with E-state index in [0.29, 0.717) is 5.02 Å². The Labute approximate surface area is 130 Å². The van der Waals surface area contributed by atoms with Crippen molar-refractivity contribution in [3.63, 3.8) is 0 Å². The molecule has 3 nitrogen and oxygen atoms in total. The second kappa shape index (κ2) is 6.35. The third-order valence-corrected chi connectivity index (χ3v) is 5.23. The molecule has 102 valence electrons. The van der Waals surface area contributed by atoms with Crippen LogP contribution in [-0.2, 0) is 10.0 Å². The van der Waals surface area contributed by atoms with E-state index < -0.39 is 19.2 Å². The molecule has 1 atom stereocenters. The molecule has 0 aliphatic heterocycles. The van der Waals surface area contributed by atoms with Gasteiger partial charge in [0.05, 0.1) is 10.3 Å². The molecule has 18 heavy (non-hydrogen) atoms. The zero-order valence-electron chi connectivity index (χ0n) is 8.71. The molecule has 0 aliphatic carbocycles. The van der Waals surface area contributed by atoms with Gasteiger partial charge in [0.1, 0.15) is 0 Å². The Hall–Kier alpha value is 0.580. The molecule has 0 aromatic heterocycles. The van der Waals surface area contributed by atoms with E-state index in [1.54, 1.807) is 0 Å². The predicted octanol–water partition coefficient (Wildman–Crippen LogP) is 3.60. The summed E-state index contributed by atoms with van der Waals surface area (Å²) < 4.78 is 24.2. The Morgan fingerprint density at radius 1 is 1.17 bits per heavy atom. The van der Waals surface area contributed by atoms with E-state index in [4.69, 9.17) is 58.0 Å². The standard InChI is InChI=1S/C9H8Cl5NO2S/c10-6-1-3-7(4-2-6)18(16,17)15-5-8(11)9(12,13)14/h1-4,8,15H,5H2. The summed E-state index contributed by atoms with van der Waals surface area (Å²) in [6, 6.07) is 5.65. The Morgan fingerprint density at radius 2 is 1.67 bits per heavy atom. The monoisotopic (exact) mass is 369 g/mol. The minimum absolute atomic E-state index is 0.0556. The van der Waals surface area contributed by atoms with Crippen LogP contribution in [0.1, 0.15) is 0 Å². The van der Waals surface area contributed by atoms with E-state index in [2.05, 4.69) is 4.72 Å². The first-order chi connectivity index (χ1) is 8.13. The second-order valence-electron chi connectivity index (χ2n) is 3.31. The van der Waals surface area contributed by atoms with Crippen molar-refractivity contribution in [3.05, 3.63) is 29.3 Å². The molecule has 1 aromatic rings. The zero-order valence-corrected chi connectivity index (χ0v) is 13.3. The van der Waals surface area contributed by atoms with Crippen LogP contribution in [0.2, 0.25) is 5.02 Å². The van der Waals surface area contributed by atoms with Crippen LogP contribution in [-0.4, -0.2) is 24.1 Å². The Bertz CT molecular complexity index is 497. The Balaban J connectivity index is 2.75. The molecule has 9 heteroatoms. The summed E-state index contributed by atoms with van der Waals surface area (Å²) in [6.45, 7) is -0.205. The first-order valence-electron chi connectivity index (χ1n) is 4.59. The quantitative estimate of drug-likeness (QED) is 0.822. The van der Waals surface area contributed by atoms with Crippen molar-refractivity contribution >= 4 is 68.0 Å². The van der Waals surface area contributed by atoms with Crippen molar-refractivity contribution in [1.82, 2.24) is 4.72 Å². The highest BCUT2D eigenvalue weighted by molar-refractivity contribution is 7.89. The van der Waals surface area contributed by atoms with Gasteiger partial charge in [-0.05, 0) is 24.3 Å². The van der Waals surface area contributed by atoms with Crippen LogP contribution in [0.15, 0.2) is 29.2 Å². The lowest BCUT2D eigenvalue weighted by molar-refractivity contribution is 0.580. The summed E-state index contributed by atoms with van der Waals surface area (Å²) >= 11 is 28.0. The first kappa shape index (κ1) is 16.6. The van der Waals surface area contributed by atoms with E-state index in [1.165, 1.54) is 24.3 Å². The first-order valence-corrected chi connectivity index (χ1v) is 8.02. The van der Waals surface area contributed by atoms with E-state index >= 15 is 0 Å². The van der Waals surface area contributed by atoms with Gasteiger partial charge in [-0.1, -0.05) is 46.4 Å². The smallest absolute Gasteiger partial charge is 0.210 e. The van der Waals surface area contributed by atoms with Crippen LogP contribution in [0, 0.1) is 0 Å². The number of alkyl halides is 4. The summed E-state index contributed by atoms with van der Waals surface area (Å²) in [6.07, 6.45) is 0. The molecule has 0 saturated heterocycles. The predicted molar refractivity (Wildman–Crippen MR) is 76.6 cm³/mol. The van der Waals surface area contributed by atoms with E-state index in [0.717, 1.165) is 0 Å². The maximum Gasteiger partial charge on any atom is 0.240 e. The fourth-order valence-corrected chi connectivity index (χ4v) is 2.57. The van der Waals surface area contributed by atoms with Gasteiger partial charge in [-0.25, -0.2) is 13.1 Å². The number of hydrogen-bond acceptors (Lipinski definition) is 2. The molecule has 1 N–H and O–H groups in total. The van der Waals surface area contributed by atoms with Crippen molar-refractivity contribution in [2.75, 3.05) is 6.54 Å². The van der Waals surface area contributed by atoms with Gasteiger partial charge in [0.2, 0.25) is 13.8 Å².